The molecular weight excluding hydrogens is 324 g/mol. The molecule has 25 heavy (non-hydrogen) atoms. The number of benzene rings is 2. The van der Waals surface area contributed by atoms with Crippen LogP contribution < -0.4 is 0 Å². The summed E-state index contributed by atoms with van der Waals surface area (Å²) in [6, 6.07) is 11.9. The minimum Gasteiger partial charge on any atom is -0.387 e. The summed E-state index contributed by atoms with van der Waals surface area (Å²) >= 11 is 0. The van der Waals surface area contributed by atoms with Crippen molar-refractivity contribution in [3.05, 3.63) is 71.3 Å². The molecular formula is C20H23F2NO2. The van der Waals surface area contributed by atoms with Gasteiger partial charge in [0.05, 0.1) is 18.2 Å². The summed E-state index contributed by atoms with van der Waals surface area (Å²) in [5.41, 5.74) is 0.224. The molecule has 0 saturated carbocycles. The SMILES string of the molecule is CC(C)(C)CN(CC(O)c1ccccc1)C(=O)c1ccc(F)cc1F. The van der Waals surface area contributed by atoms with Crippen molar-refractivity contribution >= 4 is 5.91 Å². The lowest BCUT2D eigenvalue weighted by atomic mass is 9.95. The molecule has 1 atom stereocenters. The van der Waals surface area contributed by atoms with Gasteiger partial charge in [0, 0.05) is 12.6 Å². The van der Waals surface area contributed by atoms with E-state index in [9.17, 15) is 18.7 Å². The van der Waals surface area contributed by atoms with Gasteiger partial charge in [0.1, 0.15) is 11.6 Å². The second kappa shape index (κ2) is 7.74. The van der Waals surface area contributed by atoms with E-state index in [0.29, 0.717) is 18.2 Å². The van der Waals surface area contributed by atoms with Crippen LogP contribution in [0.2, 0.25) is 0 Å². The van der Waals surface area contributed by atoms with E-state index in [2.05, 4.69) is 0 Å². The molecule has 1 amide bonds. The molecule has 0 spiro atoms. The van der Waals surface area contributed by atoms with E-state index in [1.807, 2.05) is 26.8 Å². The van der Waals surface area contributed by atoms with Gasteiger partial charge >= 0.3 is 0 Å². The van der Waals surface area contributed by atoms with Crippen LogP contribution in [-0.2, 0) is 0 Å². The molecule has 3 nitrogen and oxygen atoms in total. The van der Waals surface area contributed by atoms with Gasteiger partial charge in [0.15, 0.2) is 0 Å². The van der Waals surface area contributed by atoms with Crippen molar-refractivity contribution in [1.82, 2.24) is 4.90 Å². The third kappa shape index (κ3) is 5.36. The fourth-order valence-electron chi connectivity index (χ4n) is 2.61. The predicted molar refractivity (Wildman–Crippen MR) is 93.1 cm³/mol. The van der Waals surface area contributed by atoms with Crippen LogP contribution in [0.25, 0.3) is 0 Å². The summed E-state index contributed by atoms with van der Waals surface area (Å²) in [6.45, 7) is 6.19. The van der Waals surface area contributed by atoms with Gasteiger partial charge in [0.2, 0.25) is 0 Å². The summed E-state index contributed by atoms with van der Waals surface area (Å²) in [5.74, 6) is -2.21. The van der Waals surface area contributed by atoms with Gasteiger partial charge in [-0.05, 0) is 23.1 Å². The summed E-state index contributed by atoms with van der Waals surface area (Å²) in [5, 5.41) is 10.4. The van der Waals surface area contributed by atoms with E-state index in [-0.39, 0.29) is 17.5 Å². The average molecular weight is 347 g/mol. The zero-order valence-electron chi connectivity index (χ0n) is 14.7. The summed E-state index contributed by atoms with van der Waals surface area (Å²) in [6.07, 6.45) is -0.893. The maximum atomic E-state index is 14.0. The van der Waals surface area contributed by atoms with E-state index < -0.39 is 23.6 Å². The van der Waals surface area contributed by atoms with Crippen LogP contribution in [0, 0.1) is 17.0 Å². The van der Waals surface area contributed by atoms with Gasteiger partial charge in [-0.2, -0.15) is 0 Å². The molecule has 0 heterocycles. The highest BCUT2D eigenvalue weighted by Crippen LogP contribution is 2.22. The van der Waals surface area contributed by atoms with E-state index >= 15 is 0 Å². The summed E-state index contributed by atoms with van der Waals surface area (Å²) < 4.78 is 27.1. The second-order valence-electron chi connectivity index (χ2n) is 7.30. The number of hydrogen-bond donors (Lipinski definition) is 1. The summed E-state index contributed by atoms with van der Waals surface area (Å²) in [7, 11) is 0. The molecule has 0 aliphatic rings. The van der Waals surface area contributed by atoms with E-state index in [0.717, 1.165) is 12.1 Å². The molecule has 2 aromatic carbocycles. The fourth-order valence-corrected chi connectivity index (χ4v) is 2.61. The maximum Gasteiger partial charge on any atom is 0.256 e. The van der Waals surface area contributed by atoms with Crippen LogP contribution in [0.5, 0.6) is 0 Å². The number of hydrogen-bond acceptors (Lipinski definition) is 2. The van der Waals surface area contributed by atoms with E-state index in [1.54, 1.807) is 24.3 Å². The maximum absolute atomic E-state index is 14.0. The van der Waals surface area contributed by atoms with Gasteiger partial charge < -0.3 is 10.0 Å². The van der Waals surface area contributed by atoms with Crippen LogP contribution in [0.15, 0.2) is 48.5 Å². The summed E-state index contributed by atoms with van der Waals surface area (Å²) in [4.78, 5) is 14.2. The zero-order chi connectivity index (χ0) is 18.6. The molecule has 134 valence electrons. The molecule has 2 rings (SSSR count). The van der Waals surface area contributed by atoms with Crippen molar-refractivity contribution in [2.45, 2.75) is 26.9 Å². The average Bonchev–Trinajstić information content (AvgIpc) is 2.53. The van der Waals surface area contributed by atoms with Gasteiger partial charge in [-0.1, -0.05) is 51.1 Å². The first-order valence-electron chi connectivity index (χ1n) is 8.15. The quantitative estimate of drug-likeness (QED) is 0.881. The molecule has 1 unspecified atom stereocenters. The highest BCUT2D eigenvalue weighted by Gasteiger charge is 2.26. The monoisotopic (exact) mass is 347 g/mol. The Labute approximate surface area is 146 Å². The normalized spacial score (nSPS) is 12.7. The minimum absolute atomic E-state index is 0.0247. The third-order valence-electron chi connectivity index (χ3n) is 3.69. The van der Waals surface area contributed by atoms with Crippen LogP contribution in [0.3, 0.4) is 0 Å². The van der Waals surface area contributed by atoms with Crippen molar-refractivity contribution in [3.63, 3.8) is 0 Å². The number of carbonyl (C=O) groups excluding carboxylic acids is 1. The Bertz CT molecular complexity index is 726. The first-order chi connectivity index (χ1) is 11.7. The Morgan fingerprint density at radius 3 is 2.32 bits per heavy atom. The van der Waals surface area contributed by atoms with Crippen molar-refractivity contribution in [3.8, 4) is 0 Å². The Balaban J connectivity index is 2.27. The number of amides is 1. The predicted octanol–water partition coefficient (Wildman–Crippen LogP) is 4.19. The smallest absolute Gasteiger partial charge is 0.256 e. The van der Waals surface area contributed by atoms with E-state index in [4.69, 9.17) is 0 Å². The lowest BCUT2D eigenvalue weighted by Gasteiger charge is -2.32. The first kappa shape index (κ1) is 19.1. The standard InChI is InChI=1S/C20H23F2NO2/c1-20(2,3)13-23(12-18(24)14-7-5-4-6-8-14)19(25)16-10-9-15(21)11-17(16)22/h4-11,18,24H,12-13H2,1-3H3. The number of rotatable bonds is 5. The van der Waals surface area contributed by atoms with Crippen LogP contribution in [0.1, 0.15) is 42.8 Å². The van der Waals surface area contributed by atoms with Gasteiger partial charge in [-0.15, -0.1) is 0 Å². The van der Waals surface area contributed by atoms with Gasteiger partial charge in [0.25, 0.3) is 5.91 Å². The molecule has 5 heteroatoms. The molecule has 0 fully saturated rings. The Morgan fingerprint density at radius 2 is 1.76 bits per heavy atom. The number of aliphatic hydroxyl groups excluding tert-OH is 1. The molecule has 0 aliphatic carbocycles. The molecule has 0 aliphatic heterocycles. The third-order valence-corrected chi connectivity index (χ3v) is 3.69. The van der Waals surface area contributed by atoms with Crippen molar-refractivity contribution in [2.75, 3.05) is 13.1 Å². The Kier molecular flexibility index (Phi) is 5.90. The number of carbonyl (C=O) groups is 1. The fraction of sp³-hybridized carbons (Fsp3) is 0.350. The van der Waals surface area contributed by atoms with Crippen LogP contribution in [0.4, 0.5) is 8.78 Å². The van der Waals surface area contributed by atoms with E-state index in [1.165, 1.54) is 4.90 Å². The molecule has 0 bridgehead atoms. The lowest BCUT2D eigenvalue weighted by Crippen LogP contribution is -2.40. The second-order valence-corrected chi connectivity index (χ2v) is 7.30. The highest BCUT2D eigenvalue weighted by molar-refractivity contribution is 5.94. The molecule has 1 N–H and O–H groups in total. The van der Waals surface area contributed by atoms with Gasteiger partial charge in [-0.3, -0.25) is 4.79 Å². The molecule has 2 aromatic rings. The number of nitrogens with zero attached hydrogens (tertiary/aromatic N) is 1. The number of aliphatic hydroxyl groups is 1. The van der Waals surface area contributed by atoms with Crippen molar-refractivity contribution in [2.24, 2.45) is 5.41 Å². The number of halogens is 2. The Morgan fingerprint density at radius 1 is 1.12 bits per heavy atom. The molecule has 0 radical (unpaired) electrons. The van der Waals surface area contributed by atoms with Crippen molar-refractivity contribution in [1.29, 1.82) is 0 Å². The lowest BCUT2D eigenvalue weighted by molar-refractivity contribution is 0.0535. The van der Waals surface area contributed by atoms with Crippen molar-refractivity contribution < 1.29 is 18.7 Å². The van der Waals surface area contributed by atoms with Crippen LogP contribution >= 0.6 is 0 Å². The molecule has 0 saturated heterocycles. The Hall–Kier alpha value is -2.27. The first-order valence-corrected chi connectivity index (χ1v) is 8.15. The van der Waals surface area contributed by atoms with Crippen LogP contribution in [-0.4, -0.2) is 29.0 Å². The highest BCUT2D eigenvalue weighted by atomic mass is 19.1. The minimum atomic E-state index is -0.905. The zero-order valence-corrected chi connectivity index (χ0v) is 14.7. The molecule has 0 aromatic heterocycles. The van der Waals surface area contributed by atoms with Gasteiger partial charge in [-0.25, -0.2) is 8.78 Å². The largest absolute Gasteiger partial charge is 0.387 e. The topological polar surface area (TPSA) is 40.5 Å².